The van der Waals surface area contributed by atoms with Gasteiger partial charge in [-0.05, 0) is 55.5 Å². The molecule has 2 aromatic carbocycles. The normalized spacial score (nSPS) is 27.4. The number of carbonyl (C=O) groups excluding carboxylic acids is 3. The SMILES string of the molecule is Cc1ccc(C(=O)Nc2cccc(N3C(=O)[C@@H]4[C@H](C3=O)[C@@H]3C=C[C@@H]4C3)c2)cc1. The second-order valence-corrected chi connectivity index (χ2v) is 7.88. The van der Waals surface area contributed by atoms with Gasteiger partial charge >= 0.3 is 0 Å². The van der Waals surface area contributed by atoms with Crippen LogP contribution in [0, 0.1) is 30.6 Å². The first kappa shape index (κ1) is 16.9. The van der Waals surface area contributed by atoms with Gasteiger partial charge in [0, 0.05) is 11.3 Å². The van der Waals surface area contributed by atoms with E-state index in [0.717, 1.165) is 12.0 Å². The fraction of sp³-hybridized carbons (Fsp3) is 0.261. The predicted octanol–water partition coefficient (Wildman–Crippen LogP) is 3.56. The van der Waals surface area contributed by atoms with Crippen LogP contribution in [0.3, 0.4) is 0 Å². The molecular weight excluding hydrogens is 352 g/mol. The number of rotatable bonds is 3. The molecule has 2 aromatic rings. The van der Waals surface area contributed by atoms with E-state index in [-0.39, 0.29) is 41.4 Å². The number of hydrogen-bond acceptors (Lipinski definition) is 3. The largest absolute Gasteiger partial charge is 0.322 e. The third-order valence-electron chi connectivity index (χ3n) is 6.15. The summed E-state index contributed by atoms with van der Waals surface area (Å²) < 4.78 is 0. The number of amides is 3. The van der Waals surface area contributed by atoms with Gasteiger partial charge in [0.25, 0.3) is 5.91 Å². The Bertz CT molecular complexity index is 994. The molecule has 3 amide bonds. The first-order valence-electron chi connectivity index (χ1n) is 9.57. The van der Waals surface area contributed by atoms with Gasteiger partial charge < -0.3 is 5.32 Å². The number of imide groups is 1. The smallest absolute Gasteiger partial charge is 0.255 e. The lowest BCUT2D eigenvalue weighted by Gasteiger charge is -2.18. The summed E-state index contributed by atoms with van der Waals surface area (Å²) in [7, 11) is 0. The molecule has 0 spiro atoms. The average Bonchev–Trinajstić information content (AvgIpc) is 3.36. The number of carbonyl (C=O) groups is 3. The molecule has 1 N–H and O–H groups in total. The van der Waals surface area contributed by atoms with Gasteiger partial charge in [0.2, 0.25) is 11.8 Å². The van der Waals surface area contributed by atoms with Crippen LogP contribution in [0.5, 0.6) is 0 Å². The van der Waals surface area contributed by atoms with Gasteiger partial charge in [-0.2, -0.15) is 0 Å². The number of nitrogens with one attached hydrogen (secondary N) is 1. The number of hydrogen-bond donors (Lipinski definition) is 1. The third kappa shape index (κ3) is 2.50. The van der Waals surface area contributed by atoms with Crippen LogP contribution in [0.4, 0.5) is 11.4 Å². The number of aryl methyl sites for hydroxylation is 1. The second kappa shape index (κ2) is 6.16. The summed E-state index contributed by atoms with van der Waals surface area (Å²) in [5.41, 5.74) is 2.72. The molecule has 0 unspecified atom stereocenters. The van der Waals surface area contributed by atoms with E-state index in [1.165, 1.54) is 4.90 Å². The Kier molecular flexibility index (Phi) is 3.72. The van der Waals surface area contributed by atoms with Crippen LogP contribution in [0.25, 0.3) is 0 Å². The van der Waals surface area contributed by atoms with Gasteiger partial charge in [0.15, 0.2) is 0 Å². The topological polar surface area (TPSA) is 66.5 Å². The summed E-state index contributed by atoms with van der Waals surface area (Å²) in [5, 5.41) is 2.85. The Morgan fingerprint density at radius 3 is 2.25 bits per heavy atom. The lowest BCUT2D eigenvalue weighted by Crippen LogP contribution is -2.32. The van der Waals surface area contributed by atoms with E-state index in [0.29, 0.717) is 16.9 Å². The quantitative estimate of drug-likeness (QED) is 0.662. The summed E-state index contributed by atoms with van der Waals surface area (Å²) in [4.78, 5) is 39.7. The van der Waals surface area contributed by atoms with Gasteiger partial charge in [-0.25, -0.2) is 4.90 Å². The van der Waals surface area contributed by atoms with Crippen molar-refractivity contribution in [3.05, 3.63) is 71.8 Å². The molecule has 0 aromatic heterocycles. The standard InChI is InChI=1S/C23H20N2O3/c1-13-5-7-14(8-6-13)21(26)24-17-3-2-4-18(12-17)25-22(27)19-15-9-10-16(11-15)20(19)23(25)28/h2-10,12,15-16,19-20H,11H2,1H3,(H,24,26)/t15-,16-,19-,20+/m1/s1. The van der Waals surface area contributed by atoms with Crippen molar-refractivity contribution < 1.29 is 14.4 Å². The highest BCUT2D eigenvalue weighted by molar-refractivity contribution is 6.23. The van der Waals surface area contributed by atoms with E-state index in [4.69, 9.17) is 0 Å². The van der Waals surface area contributed by atoms with E-state index in [9.17, 15) is 14.4 Å². The molecular formula is C23H20N2O3. The maximum Gasteiger partial charge on any atom is 0.255 e. The Balaban J connectivity index is 1.39. The van der Waals surface area contributed by atoms with Gasteiger partial charge in [0.1, 0.15) is 0 Å². The molecule has 1 saturated carbocycles. The van der Waals surface area contributed by atoms with Gasteiger partial charge in [-0.1, -0.05) is 35.9 Å². The van der Waals surface area contributed by atoms with Crippen LogP contribution in [-0.2, 0) is 9.59 Å². The van der Waals surface area contributed by atoms with Crippen LogP contribution in [0.1, 0.15) is 22.3 Å². The fourth-order valence-corrected chi connectivity index (χ4v) is 4.79. The highest BCUT2D eigenvalue weighted by Gasteiger charge is 2.59. The lowest BCUT2D eigenvalue weighted by atomic mass is 9.85. The Morgan fingerprint density at radius 2 is 1.61 bits per heavy atom. The Morgan fingerprint density at radius 1 is 0.964 bits per heavy atom. The summed E-state index contributed by atoms with van der Waals surface area (Å²) in [6, 6.07) is 14.3. The lowest BCUT2D eigenvalue weighted by molar-refractivity contribution is -0.123. The average molecular weight is 372 g/mol. The van der Waals surface area contributed by atoms with E-state index in [1.807, 2.05) is 19.1 Å². The third-order valence-corrected chi connectivity index (χ3v) is 6.15. The zero-order valence-corrected chi connectivity index (χ0v) is 15.5. The van der Waals surface area contributed by atoms with Crippen LogP contribution in [0.15, 0.2) is 60.7 Å². The summed E-state index contributed by atoms with van der Waals surface area (Å²) in [6.45, 7) is 1.96. The van der Waals surface area contributed by atoms with Crippen molar-refractivity contribution in [2.75, 3.05) is 10.2 Å². The zero-order valence-electron chi connectivity index (χ0n) is 15.5. The molecule has 140 valence electrons. The van der Waals surface area contributed by atoms with Crippen molar-refractivity contribution in [2.45, 2.75) is 13.3 Å². The van der Waals surface area contributed by atoms with Crippen LogP contribution in [-0.4, -0.2) is 17.7 Å². The highest BCUT2D eigenvalue weighted by Crippen LogP contribution is 2.53. The van der Waals surface area contributed by atoms with E-state index >= 15 is 0 Å². The highest BCUT2D eigenvalue weighted by atomic mass is 16.2. The minimum absolute atomic E-state index is 0.117. The predicted molar refractivity (Wildman–Crippen MR) is 106 cm³/mol. The first-order valence-corrected chi connectivity index (χ1v) is 9.57. The van der Waals surface area contributed by atoms with Crippen molar-refractivity contribution in [2.24, 2.45) is 23.7 Å². The van der Waals surface area contributed by atoms with Crippen LogP contribution >= 0.6 is 0 Å². The minimum Gasteiger partial charge on any atom is -0.322 e. The van der Waals surface area contributed by atoms with E-state index in [1.54, 1.807) is 36.4 Å². The molecule has 4 atom stereocenters. The number of nitrogens with zero attached hydrogens (tertiary/aromatic N) is 1. The van der Waals surface area contributed by atoms with Crippen molar-refractivity contribution in [3.63, 3.8) is 0 Å². The molecule has 5 heteroatoms. The molecule has 2 aliphatic carbocycles. The fourth-order valence-electron chi connectivity index (χ4n) is 4.79. The Hall–Kier alpha value is -3.21. The molecule has 5 nitrogen and oxygen atoms in total. The van der Waals surface area contributed by atoms with Crippen LogP contribution < -0.4 is 10.2 Å². The summed E-state index contributed by atoms with van der Waals surface area (Å²) >= 11 is 0. The molecule has 1 saturated heterocycles. The molecule has 28 heavy (non-hydrogen) atoms. The molecule has 0 radical (unpaired) electrons. The van der Waals surface area contributed by atoms with E-state index < -0.39 is 0 Å². The number of benzene rings is 2. The van der Waals surface area contributed by atoms with Gasteiger partial charge in [-0.15, -0.1) is 0 Å². The second-order valence-electron chi connectivity index (χ2n) is 7.88. The van der Waals surface area contributed by atoms with Crippen molar-refractivity contribution in [1.29, 1.82) is 0 Å². The molecule has 2 fully saturated rings. The van der Waals surface area contributed by atoms with Gasteiger partial charge in [-0.3, -0.25) is 14.4 Å². The molecule has 2 bridgehead atoms. The van der Waals surface area contributed by atoms with Crippen molar-refractivity contribution >= 4 is 29.1 Å². The maximum absolute atomic E-state index is 13.0. The number of allylic oxidation sites excluding steroid dienone is 2. The number of anilines is 2. The van der Waals surface area contributed by atoms with E-state index in [2.05, 4.69) is 17.5 Å². The monoisotopic (exact) mass is 372 g/mol. The molecule has 1 heterocycles. The Labute approximate surface area is 163 Å². The summed E-state index contributed by atoms with van der Waals surface area (Å²) in [5.74, 6) is -0.554. The van der Waals surface area contributed by atoms with Crippen LogP contribution in [0.2, 0.25) is 0 Å². The molecule has 3 aliphatic rings. The van der Waals surface area contributed by atoms with Gasteiger partial charge in [0.05, 0.1) is 17.5 Å². The van der Waals surface area contributed by atoms with Crippen molar-refractivity contribution in [1.82, 2.24) is 0 Å². The summed E-state index contributed by atoms with van der Waals surface area (Å²) in [6.07, 6.45) is 5.07. The number of fused-ring (bicyclic) bond motifs is 5. The van der Waals surface area contributed by atoms with Crippen molar-refractivity contribution in [3.8, 4) is 0 Å². The zero-order chi connectivity index (χ0) is 19.4. The maximum atomic E-state index is 13.0. The first-order chi connectivity index (χ1) is 13.5. The molecule has 5 rings (SSSR count). The molecule has 1 aliphatic heterocycles. The minimum atomic E-state index is -0.228.